The topological polar surface area (TPSA) is 85.8 Å². The van der Waals surface area contributed by atoms with E-state index in [0.29, 0.717) is 32.7 Å². The molecule has 2 rings (SSSR count). The molecule has 1 fully saturated rings. The minimum atomic E-state index is -1.25. The van der Waals surface area contributed by atoms with E-state index in [1.54, 1.807) is 4.90 Å². The van der Waals surface area contributed by atoms with Crippen molar-refractivity contribution in [1.29, 1.82) is 0 Å². The number of rotatable bonds is 3. The zero-order valence-electron chi connectivity index (χ0n) is 14.0. The van der Waals surface area contributed by atoms with E-state index in [1.165, 1.54) is 16.7 Å². The van der Waals surface area contributed by atoms with Gasteiger partial charge in [-0.2, -0.15) is 0 Å². The molecular weight excluding hydrogens is 329 g/mol. The maximum atomic E-state index is 12.0. The van der Waals surface area contributed by atoms with Gasteiger partial charge in [-0.1, -0.05) is 0 Å². The van der Waals surface area contributed by atoms with Crippen molar-refractivity contribution in [2.24, 2.45) is 0 Å². The Morgan fingerprint density at radius 2 is 1.91 bits per heavy atom. The minimum absolute atomic E-state index is 0. The molecule has 1 saturated heterocycles. The predicted octanol–water partition coefficient (Wildman–Crippen LogP) is -2.44. The van der Waals surface area contributed by atoms with Crippen molar-refractivity contribution in [1.82, 2.24) is 14.8 Å². The van der Waals surface area contributed by atoms with Crippen LogP contribution in [0.2, 0.25) is 0 Å². The number of hydrogen-bond donors (Lipinski definition) is 0. The second-order valence-electron chi connectivity index (χ2n) is 6.16. The van der Waals surface area contributed by atoms with Crippen molar-refractivity contribution in [3.05, 3.63) is 16.1 Å². The molecule has 1 aromatic heterocycles. The summed E-state index contributed by atoms with van der Waals surface area (Å²) in [6.07, 6.45) is -0.291. The van der Waals surface area contributed by atoms with Crippen LogP contribution in [-0.2, 0) is 11.3 Å². The summed E-state index contributed by atoms with van der Waals surface area (Å²) in [4.78, 5) is 30.5. The molecular formula is C14H20N3NaO4S. The van der Waals surface area contributed by atoms with Gasteiger partial charge < -0.3 is 19.5 Å². The first-order valence-corrected chi connectivity index (χ1v) is 7.98. The third kappa shape index (κ3) is 6.39. The molecule has 122 valence electrons. The van der Waals surface area contributed by atoms with Crippen LogP contribution < -0.4 is 34.7 Å². The SMILES string of the molecule is CC(C)(C)OC(=O)N1CCN(Cc2nc(C(=O)[O-])cs2)CC1.[Na+]. The Morgan fingerprint density at radius 1 is 1.30 bits per heavy atom. The molecule has 0 unspecified atom stereocenters. The van der Waals surface area contributed by atoms with Gasteiger partial charge in [-0.15, -0.1) is 11.3 Å². The first kappa shape index (κ1) is 20.4. The summed E-state index contributed by atoms with van der Waals surface area (Å²) in [5.74, 6) is -1.25. The van der Waals surface area contributed by atoms with Gasteiger partial charge in [0, 0.05) is 31.6 Å². The number of piperazine rings is 1. The van der Waals surface area contributed by atoms with E-state index in [1.807, 2.05) is 20.8 Å². The molecule has 1 aliphatic rings. The Hall–Kier alpha value is -0.670. The monoisotopic (exact) mass is 349 g/mol. The van der Waals surface area contributed by atoms with Crippen molar-refractivity contribution in [2.45, 2.75) is 32.9 Å². The zero-order chi connectivity index (χ0) is 16.3. The Morgan fingerprint density at radius 3 is 2.39 bits per heavy atom. The molecule has 0 saturated carbocycles. The number of ether oxygens (including phenoxy) is 1. The number of carbonyl (C=O) groups excluding carboxylic acids is 2. The normalized spacial score (nSPS) is 15.9. The second kappa shape index (κ2) is 8.43. The Balaban J connectivity index is 0.00000264. The Bertz CT molecular complexity index is 550. The van der Waals surface area contributed by atoms with E-state index < -0.39 is 11.6 Å². The van der Waals surface area contributed by atoms with Gasteiger partial charge in [0.05, 0.1) is 18.2 Å². The van der Waals surface area contributed by atoms with Crippen LogP contribution in [-0.4, -0.2) is 58.6 Å². The van der Waals surface area contributed by atoms with Gasteiger partial charge in [0.25, 0.3) is 0 Å². The first-order valence-electron chi connectivity index (χ1n) is 7.10. The summed E-state index contributed by atoms with van der Waals surface area (Å²) in [6.45, 7) is 8.72. The first-order chi connectivity index (χ1) is 10.2. The predicted molar refractivity (Wildman–Crippen MR) is 79.5 cm³/mol. The Labute approximate surface area is 161 Å². The second-order valence-corrected chi connectivity index (χ2v) is 7.10. The molecule has 0 aliphatic carbocycles. The van der Waals surface area contributed by atoms with Crippen molar-refractivity contribution in [3.8, 4) is 0 Å². The summed E-state index contributed by atoms with van der Waals surface area (Å²) in [5.41, 5.74) is -0.511. The molecule has 1 amide bonds. The van der Waals surface area contributed by atoms with Gasteiger partial charge >= 0.3 is 35.7 Å². The van der Waals surface area contributed by atoms with Gasteiger partial charge in [-0.05, 0) is 20.8 Å². The van der Waals surface area contributed by atoms with Crippen molar-refractivity contribution < 1.29 is 49.0 Å². The van der Waals surface area contributed by atoms with Gasteiger partial charge in [0.2, 0.25) is 0 Å². The standard InChI is InChI=1S/C14H21N3O4S.Na/c1-14(2,3)21-13(20)17-6-4-16(5-7-17)8-11-15-10(9-22-11)12(18)19;/h9H,4-8H2,1-3H3,(H,18,19);/q;+1/p-1. The number of carboxylic acids is 1. The summed E-state index contributed by atoms with van der Waals surface area (Å²) in [7, 11) is 0. The van der Waals surface area contributed by atoms with Crippen LogP contribution in [0.4, 0.5) is 4.79 Å². The number of aromatic nitrogens is 1. The van der Waals surface area contributed by atoms with Gasteiger partial charge in [0.15, 0.2) is 0 Å². The van der Waals surface area contributed by atoms with E-state index in [-0.39, 0.29) is 41.3 Å². The van der Waals surface area contributed by atoms with Crippen LogP contribution in [0.1, 0.15) is 36.3 Å². The molecule has 0 radical (unpaired) electrons. The van der Waals surface area contributed by atoms with E-state index in [0.717, 1.165) is 5.01 Å². The molecule has 1 aliphatic heterocycles. The molecule has 9 heteroatoms. The molecule has 0 bridgehead atoms. The number of carboxylic acid groups (broad SMARTS) is 1. The maximum absolute atomic E-state index is 12.0. The molecule has 1 aromatic rings. The van der Waals surface area contributed by atoms with Crippen molar-refractivity contribution >= 4 is 23.4 Å². The van der Waals surface area contributed by atoms with E-state index in [4.69, 9.17) is 4.74 Å². The minimum Gasteiger partial charge on any atom is -0.543 e. The molecule has 7 nitrogen and oxygen atoms in total. The van der Waals surface area contributed by atoms with E-state index in [9.17, 15) is 14.7 Å². The summed E-state index contributed by atoms with van der Waals surface area (Å²) in [5, 5.41) is 12.9. The average Bonchev–Trinajstić information content (AvgIpc) is 2.86. The van der Waals surface area contributed by atoms with Gasteiger partial charge in [-0.3, -0.25) is 4.90 Å². The molecule has 0 atom stereocenters. The molecule has 2 heterocycles. The van der Waals surface area contributed by atoms with Crippen LogP contribution in [0.25, 0.3) is 0 Å². The third-order valence-corrected chi connectivity index (χ3v) is 3.98. The number of amides is 1. The fourth-order valence-electron chi connectivity index (χ4n) is 2.08. The fourth-order valence-corrected chi connectivity index (χ4v) is 2.89. The number of thiazole rings is 1. The van der Waals surface area contributed by atoms with Crippen LogP contribution in [0.15, 0.2) is 5.38 Å². The third-order valence-electron chi connectivity index (χ3n) is 3.14. The summed E-state index contributed by atoms with van der Waals surface area (Å²) < 4.78 is 5.35. The van der Waals surface area contributed by atoms with Crippen LogP contribution >= 0.6 is 11.3 Å². The maximum Gasteiger partial charge on any atom is 1.00 e. The number of hydrogen-bond acceptors (Lipinski definition) is 7. The summed E-state index contributed by atoms with van der Waals surface area (Å²) >= 11 is 1.31. The molecule has 23 heavy (non-hydrogen) atoms. The van der Waals surface area contributed by atoms with Crippen molar-refractivity contribution in [2.75, 3.05) is 26.2 Å². The Kier molecular flexibility index (Phi) is 7.47. The number of aromatic carboxylic acids is 1. The molecule has 0 spiro atoms. The number of carbonyl (C=O) groups is 2. The molecule has 0 N–H and O–H groups in total. The quantitative estimate of drug-likeness (QED) is 0.564. The van der Waals surface area contributed by atoms with Gasteiger partial charge in [-0.25, -0.2) is 9.78 Å². The summed E-state index contributed by atoms with van der Waals surface area (Å²) in [6, 6.07) is 0. The molecule has 0 aromatic carbocycles. The zero-order valence-corrected chi connectivity index (χ0v) is 16.8. The average molecular weight is 349 g/mol. The number of nitrogens with zero attached hydrogens (tertiary/aromatic N) is 3. The fraction of sp³-hybridized carbons (Fsp3) is 0.643. The van der Waals surface area contributed by atoms with E-state index in [2.05, 4.69) is 9.88 Å². The van der Waals surface area contributed by atoms with Crippen LogP contribution in [0.5, 0.6) is 0 Å². The van der Waals surface area contributed by atoms with Crippen LogP contribution in [0.3, 0.4) is 0 Å². The van der Waals surface area contributed by atoms with Crippen LogP contribution in [0, 0.1) is 0 Å². The van der Waals surface area contributed by atoms with Gasteiger partial charge in [0.1, 0.15) is 10.6 Å². The van der Waals surface area contributed by atoms with Crippen molar-refractivity contribution in [3.63, 3.8) is 0 Å². The largest absolute Gasteiger partial charge is 1.00 e. The smallest absolute Gasteiger partial charge is 0.543 e. The van der Waals surface area contributed by atoms with E-state index >= 15 is 0 Å².